The molecular weight excluding hydrogens is 691 g/mol. The normalized spacial score (nSPS) is 12.6. The number of aliphatic imine (C=N–C) groups is 3. The molecule has 0 aliphatic carbocycles. The first-order valence-corrected chi connectivity index (χ1v) is 18.5. The van der Waals surface area contributed by atoms with Gasteiger partial charge in [-0.2, -0.15) is 0 Å². The Kier molecular flexibility index (Phi) is 7.29. The van der Waals surface area contributed by atoms with Crippen molar-refractivity contribution in [2.75, 3.05) is 0 Å². The van der Waals surface area contributed by atoms with Gasteiger partial charge in [0.05, 0.1) is 6.54 Å². The molecule has 0 saturated carbocycles. The second-order valence-electron chi connectivity index (χ2n) is 14.0. The Balaban J connectivity index is 1.17. The minimum Gasteiger partial charge on any atom is -0.456 e. The molecule has 0 saturated heterocycles. The molecule has 0 amide bonds. The highest BCUT2D eigenvalue weighted by Crippen LogP contribution is 2.41. The van der Waals surface area contributed by atoms with Crippen LogP contribution in [0.3, 0.4) is 0 Å². The molecule has 0 aliphatic heterocycles. The first-order valence-electron chi connectivity index (χ1n) is 18.5. The Labute approximate surface area is 320 Å². The Morgan fingerprint density at radius 3 is 1.73 bits per heavy atom. The molecule has 11 aromatic rings. The van der Waals surface area contributed by atoms with Gasteiger partial charge in [-0.25, -0.2) is 9.98 Å². The average molecular weight is 722 g/mol. The zero-order valence-corrected chi connectivity index (χ0v) is 30.1. The second-order valence-corrected chi connectivity index (χ2v) is 14.0. The predicted octanol–water partition coefficient (Wildman–Crippen LogP) is 13.3. The van der Waals surface area contributed by atoms with Gasteiger partial charge in [-0.1, -0.05) is 115 Å². The molecule has 0 aliphatic rings. The number of fused-ring (bicyclic) bond motifs is 10. The van der Waals surface area contributed by atoms with Crippen molar-refractivity contribution in [3.8, 4) is 11.1 Å². The van der Waals surface area contributed by atoms with E-state index in [9.17, 15) is 0 Å². The lowest BCUT2D eigenvalue weighted by Crippen LogP contribution is -2.07. The highest BCUT2D eigenvalue weighted by molar-refractivity contribution is 6.26. The summed E-state index contributed by atoms with van der Waals surface area (Å²) in [4.78, 5) is 15.3. The SMILES string of the molecule is C=NC(=NC(=NCc1ccc2ccccc2c1)c1cccc2oc3ccccc3c12)c1cc(-c2cccc3oc4ccccc4c23)cc2oc3ccccc3c12. The lowest BCUT2D eigenvalue weighted by molar-refractivity contribution is 0.668. The van der Waals surface area contributed by atoms with Crippen LogP contribution in [-0.2, 0) is 6.54 Å². The van der Waals surface area contributed by atoms with E-state index in [2.05, 4.69) is 96.6 Å². The van der Waals surface area contributed by atoms with Crippen molar-refractivity contribution in [3.63, 3.8) is 0 Å². The number of hydrogen-bond donors (Lipinski definition) is 0. The molecule has 0 unspecified atom stereocenters. The number of amidine groups is 2. The zero-order valence-electron chi connectivity index (χ0n) is 30.1. The molecule has 264 valence electrons. The van der Waals surface area contributed by atoms with E-state index in [-0.39, 0.29) is 0 Å². The van der Waals surface area contributed by atoms with Crippen LogP contribution in [0.2, 0.25) is 0 Å². The highest BCUT2D eigenvalue weighted by atomic mass is 16.3. The van der Waals surface area contributed by atoms with Gasteiger partial charge in [0.2, 0.25) is 0 Å². The maximum Gasteiger partial charge on any atom is 0.161 e. The van der Waals surface area contributed by atoms with Crippen LogP contribution < -0.4 is 0 Å². The number of hydrogen-bond acceptors (Lipinski definition) is 4. The van der Waals surface area contributed by atoms with Gasteiger partial charge in [-0.15, -0.1) is 0 Å². The molecule has 6 heteroatoms. The molecular formula is C50H31N3O3. The third kappa shape index (κ3) is 5.15. The first kappa shape index (κ1) is 31.9. The van der Waals surface area contributed by atoms with E-state index in [1.807, 2.05) is 78.9 Å². The summed E-state index contributed by atoms with van der Waals surface area (Å²) >= 11 is 0. The van der Waals surface area contributed by atoms with Gasteiger partial charge < -0.3 is 13.3 Å². The smallest absolute Gasteiger partial charge is 0.161 e. The molecule has 0 spiro atoms. The summed E-state index contributed by atoms with van der Waals surface area (Å²) in [6.07, 6.45) is 0. The molecule has 11 rings (SSSR count). The van der Waals surface area contributed by atoms with Crippen LogP contribution in [0, 0.1) is 0 Å². The van der Waals surface area contributed by atoms with Gasteiger partial charge in [0.25, 0.3) is 0 Å². The fourth-order valence-corrected chi connectivity index (χ4v) is 8.13. The lowest BCUT2D eigenvalue weighted by Gasteiger charge is -2.11. The van der Waals surface area contributed by atoms with E-state index in [0.717, 1.165) is 99.0 Å². The second kappa shape index (κ2) is 12.8. The molecule has 0 N–H and O–H groups in total. The molecule has 0 atom stereocenters. The minimum atomic E-state index is 0.403. The molecule has 0 fully saturated rings. The van der Waals surface area contributed by atoms with E-state index in [0.29, 0.717) is 18.2 Å². The topological polar surface area (TPSA) is 76.5 Å². The van der Waals surface area contributed by atoms with Gasteiger partial charge in [-0.3, -0.25) is 4.99 Å². The highest BCUT2D eigenvalue weighted by Gasteiger charge is 2.21. The van der Waals surface area contributed by atoms with E-state index in [1.165, 1.54) is 5.39 Å². The number of benzene rings is 8. The third-order valence-electron chi connectivity index (χ3n) is 10.7. The van der Waals surface area contributed by atoms with Crippen LogP contribution in [0.1, 0.15) is 16.7 Å². The lowest BCUT2D eigenvalue weighted by atomic mass is 9.95. The molecule has 56 heavy (non-hydrogen) atoms. The monoisotopic (exact) mass is 721 g/mol. The van der Waals surface area contributed by atoms with E-state index in [1.54, 1.807) is 0 Å². The van der Waals surface area contributed by atoms with Crippen LogP contribution in [-0.4, -0.2) is 18.4 Å². The summed E-state index contributed by atoms with van der Waals surface area (Å²) in [6, 6.07) is 55.5. The Hall–Kier alpha value is -7.57. The Bertz CT molecular complexity index is 3430. The molecule has 0 bridgehead atoms. The summed E-state index contributed by atoms with van der Waals surface area (Å²) in [7, 11) is 0. The zero-order chi connectivity index (χ0) is 37.2. The van der Waals surface area contributed by atoms with Gasteiger partial charge in [0.1, 0.15) is 33.5 Å². The first-order chi connectivity index (χ1) is 27.7. The Morgan fingerprint density at radius 2 is 1.02 bits per heavy atom. The molecule has 0 radical (unpaired) electrons. The predicted molar refractivity (Wildman–Crippen MR) is 230 cm³/mol. The van der Waals surface area contributed by atoms with Crippen molar-refractivity contribution < 1.29 is 13.3 Å². The summed E-state index contributed by atoms with van der Waals surface area (Å²) in [5.41, 5.74) is 9.35. The van der Waals surface area contributed by atoms with Crippen LogP contribution >= 0.6 is 0 Å². The molecule has 3 aromatic heterocycles. The number of furan rings is 3. The van der Waals surface area contributed by atoms with E-state index < -0.39 is 0 Å². The van der Waals surface area contributed by atoms with Crippen molar-refractivity contribution in [1.82, 2.24) is 0 Å². The van der Waals surface area contributed by atoms with Crippen LogP contribution in [0.5, 0.6) is 0 Å². The van der Waals surface area contributed by atoms with Crippen molar-refractivity contribution in [2.24, 2.45) is 15.0 Å². The summed E-state index contributed by atoms with van der Waals surface area (Å²) in [6.45, 7) is 4.50. The number of nitrogens with zero attached hydrogens (tertiary/aromatic N) is 3. The van der Waals surface area contributed by atoms with Crippen molar-refractivity contribution in [3.05, 3.63) is 180 Å². The van der Waals surface area contributed by atoms with Crippen molar-refractivity contribution in [2.45, 2.75) is 6.54 Å². The fourth-order valence-electron chi connectivity index (χ4n) is 8.13. The minimum absolute atomic E-state index is 0.403. The number of rotatable bonds is 5. The third-order valence-corrected chi connectivity index (χ3v) is 10.7. The maximum atomic E-state index is 6.57. The van der Waals surface area contributed by atoms with Gasteiger partial charge in [-0.05, 0) is 82.7 Å². The van der Waals surface area contributed by atoms with Crippen molar-refractivity contribution >= 4 is 95.0 Å². The largest absolute Gasteiger partial charge is 0.456 e. The maximum absolute atomic E-state index is 6.57. The van der Waals surface area contributed by atoms with Crippen LogP contribution in [0.4, 0.5) is 0 Å². The van der Waals surface area contributed by atoms with Crippen LogP contribution in [0.15, 0.2) is 192 Å². The summed E-state index contributed by atoms with van der Waals surface area (Å²) < 4.78 is 19.2. The summed E-state index contributed by atoms with van der Waals surface area (Å²) in [5.74, 6) is 0.946. The van der Waals surface area contributed by atoms with Crippen LogP contribution in [0.25, 0.3) is 87.7 Å². The Morgan fingerprint density at radius 1 is 0.446 bits per heavy atom. The van der Waals surface area contributed by atoms with E-state index >= 15 is 0 Å². The average Bonchev–Trinajstić information content (AvgIpc) is 3.95. The van der Waals surface area contributed by atoms with Gasteiger partial charge >= 0.3 is 0 Å². The molecule has 8 aromatic carbocycles. The standard InChI is InChI=1S/C50H31N3O3/c1-51-49(39-27-33(28-45-48(39)37-16-6-9-21-42(37)56-45)34-17-10-22-43-46(34)35-14-4-7-19-40(35)54-43)53-50(52-29-30-24-25-31-12-2-3-13-32(31)26-30)38-18-11-23-44-47(38)36-15-5-8-20-41(36)55-44/h2-28H,1,29H2. The van der Waals surface area contributed by atoms with Crippen molar-refractivity contribution in [1.29, 1.82) is 0 Å². The molecule has 6 nitrogen and oxygen atoms in total. The summed E-state index contributed by atoms with van der Waals surface area (Å²) in [5, 5.41) is 8.22. The quantitative estimate of drug-likeness (QED) is 0.131. The molecule has 3 heterocycles. The number of para-hydroxylation sites is 3. The van der Waals surface area contributed by atoms with E-state index in [4.69, 9.17) is 23.2 Å². The van der Waals surface area contributed by atoms with Gasteiger partial charge in [0, 0.05) is 43.4 Å². The van der Waals surface area contributed by atoms with Gasteiger partial charge in [0.15, 0.2) is 11.7 Å². The fraction of sp³-hybridized carbons (Fsp3) is 0.0200.